The predicted octanol–water partition coefficient (Wildman–Crippen LogP) is 2.16. The van der Waals surface area contributed by atoms with E-state index in [9.17, 15) is 13.2 Å². The van der Waals surface area contributed by atoms with Gasteiger partial charge in [0.05, 0.1) is 5.92 Å². The van der Waals surface area contributed by atoms with Crippen LogP contribution in [0.25, 0.3) is 0 Å². The highest BCUT2D eigenvalue weighted by atomic mass is 19.4. The van der Waals surface area contributed by atoms with Crippen LogP contribution < -0.4 is 0 Å². The van der Waals surface area contributed by atoms with Crippen LogP contribution in [-0.4, -0.2) is 6.18 Å². The van der Waals surface area contributed by atoms with Gasteiger partial charge >= 0.3 is 6.18 Å². The van der Waals surface area contributed by atoms with Crippen LogP contribution in [-0.2, 0) is 0 Å². The smallest absolute Gasteiger partial charge is 0.171 e. The van der Waals surface area contributed by atoms with Gasteiger partial charge in [0.25, 0.3) is 0 Å². The van der Waals surface area contributed by atoms with Crippen LogP contribution in [0.3, 0.4) is 0 Å². The maximum atomic E-state index is 11.5. The molecule has 0 bridgehead atoms. The van der Waals surface area contributed by atoms with E-state index in [1.165, 1.54) is 0 Å². The first-order chi connectivity index (χ1) is 3.61. The first kappa shape index (κ1) is 5.92. The van der Waals surface area contributed by atoms with Crippen LogP contribution in [0.5, 0.6) is 0 Å². The highest BCUT2D eigenvalue weighted by Crippen LogP contribution is 2.39. The maximum Gasteiger partial charge on any atom is 0.391 e. The van der Waals surface area contributed by atoms with Gasteiger partial charge in [-0.05, 0) is 19.3 Å². The van der Waals surface area contributed by atoms with Gasteiger partial charge in [-0.2, -0.15) is 13.2 Å². The second-order valence-corrected chi connectivity index (χ2v) is 2.00. The highest BCUT2D eigenvalue weighted by molar-refractivity contribution is 4.89. The Balaban J connectivity index is 2.34. The number of alkyl halides is 3. The molecule has 0 aromatic carbocycles. The van der Waals surface area contributed by atoms with Crippen molar-refractivity contribution in [3.63, 3.8) is 0 Å². The maximum absolute atomic E-state index is 11.5. The molecule has 0 spiro atoms. The zero-order valence-corrected chi connectivity index (χ0v) is 4.20. The average Bonchev–Trinajstić information content (AvgIpc) is 1.16. The fraction of sp³-hybridized carbons (Fsp3) is 0.800. The lowest BCUT2D eigenvalue weighted by Gasteiger charge is -2.26. The molecule has 1 rings (SSSR count). The molecule has 1 fully saturated rings. The molecular formula is C5H6F3. The summed E-state index contributed by atoms with van der Waals surface area (Å²) in [6.45, 7) is 0. The molecule has 1 saturated carbocycles. The number of rotatable bonds is 0. The van der Waals surface area contributed by atoms with Crippen molar-refractivity contribution >= 4 is 0 Å². The van der Waals surface area contributed by atoms with Gasteiger partial charge < -0.3 is 0 Å². The van der Waals surface area contributed by atoms with Crippen molar-refractivity contribution in [3.05, 3.63) is 6.42 Å². The minimum atomic E-state index is -3.94. The minimum Gasteiger partial charge on any atom is -0.171 e. The molecule has 0 atom stereocenters. The van der Waals surface area contributed by atoms with Crippen molar-refractivity contribution in [2.24, 2.45) is 5.92 Å². The molecule has 0 nitrogen and oxygen atoms in total. The van der Waals surface area contributed by atoms with Gasteiger partial charge in [-0.15, -0.1) is 0 Å². The molecule has 3 heteroatoms. The van der Waals surface area contributed by atoms with Gasteiger partial charge in [-0.25, -0.2) is 0 Å². The molecule has 0 unspecified atom stereocenters. The molecule has 1 radical (unpaired) electrons. The van der Waals surface area contributed by atoms with E-state index < -0.39 is 12.1 Å². The standard InChI is InChI=1S/C5H6F3/c6-5(7,8)4-2-1-3-4/h1,4H,2-3H2. The van der Waals surface area contributed by atoms with Crippen molar-refractivity contribution in [1.82, 2.24) is 0 Å². The molecule has 0 heterocycles. The van der Waals surface area contributed by atoms with Crippen LogP contribution >= 0.6 is 0 Å². The van der Waals surface area contributed by atoms with Crippen LogP contribution in [0, 0.1) is 12.3 Å². The monoisotopic (exact) mass is 123 g/mol. The third-order valence-corrected chi connectivity index (χ3v) is 1.37. The van der Waals surface area contributed by atoms with E-state index in [-0.39, 0.29) is 12.8 Å². The average molecular weight is 123 g/mol. The zero-order valence-electron chi connectivity index (χ0n) is 4.20. The van der Waals surface area contributed by atoms with Gasteiger partial charge in [-0.3, -0.25) is 0 Å². The lowest BCUT2D eigenvalue weighted by atomic mass is 9.85. The molecule has 0 aliphatic heterocycles. The van der Waals surface area contributed by atoms with E-state index in [0.717, 1.165) is 0 Å². The zero-order chi connectivity index (χ0) is 6.20. The van der Waals surface area contributed by atoms with Crippen LogP contribution in [0.1, 0.15) is 12.8 Å². The van der Waals surface area contributed by atoms with E-state index in [4.69, 9.17) is 0 Å². The van der Waals surface area contributed by atoms with Crippen molar-refractivity contribution in [2.75, 3.05) is 0 Å². The lowest BCUT2D eigenvalue weighted by molar-refractivity contribution is -0.184. The Morgan fingerprint density at radius 3 is 1.75 bits per heavy atom. The van der Waals surface area contributed by atoms with Crippen molar-refractivity contribution < 1.29 is 13.2 Å². The molecular weight excluding hydrogens is 117 g/mol. The van der Waals surface area contributed by atoms with Crippen LogP contribution in [0.4, 0.5) is 13.2 Å². The Kier molecular flexibility index (Phi) is 1.21. The molecule has 0 amide bonds. The molecule has 0 saturated heterocycles. The number of hydrogen-bond acceptors (Lipinski definition) is 0. The largest absolute Gasteiger partial charge is 0.391 e. The quantitative estimate of drug-likeness (QED) is 0.463. The number of hydrogen-bond donors (Lipinski definition) is 0. The Labute approximate surface area is 45.7 Å². The van der Waals surface area contributed by atoms with E-state index >= 15 is 0 Å². The van der Waals surface area contributed by atoms with E-state index in [0.29, 0.717) is 0 Å². The molecule has 47 valence electrons. The number of halogens is 3. The summed E-state index contributed by atoms with van der Waals surface area (Å²) >= 11 is 0. The Bertz CT molecular complexity index is 80.2. The third kappa shape index (κ3) is 0.956. The Hall–Kier alpha value is -0.210. The summed E-state index contributed by atoms with van der Waals surface area (Å²) < 4.78 is 34.4. The summed E-state index contributed by atoms with van der Waals surface area (Å²) in [5.41, 5.74) is 0. The van der Waals surface area contributed by atoms with Crippen LogP contribution in [0.15, 0.2) is 0 Å². The SMILES string of the molecule is FC(F)(F)C1C[CH]C1. The fourth-order valence-electron chi connectivity index (χ4n) is 0.601. The molecule has 0 aromatic heterocycles. The molecule has 0 N–H and O–H groups in total. The van der Waals surface area contributed by atoms with E-state index in [1.54, 1.807) is 6.42 Å². The molecule has 0 aromatic rings. The summed E-state index contributed by atoms with van der Waals surface area (Å²) in [5, 5.41) is 0. The lowest BCUT2D eigenvalue weighted by Crippen LogP contribution is -2.29. The Morgan fingerprint density at radius 2 is 1.75 bits per heavy atom. The van der Waals surface area contributed by atoms with Crippen molar-refractivity contribution in [3.8, 4) is 0 Å². The summed E-state index contributed by atoms with van der Waals surface area (Å²) in [4.78, 5) is 0. The summed E-state index contributed by atoms with van der Waals surface area (Å²) in [5.74, 6) is -1.03. The minimum absolute atomic E-state index is 0.226. The first-order valence-electron chi connectivity index (χ1n) is 2.49. The molecule has 8 heavy (non-hydrogen) atoms. The highest BCUT2D eigenvalue weighted by Gasteiger charge is 2.42. The molecule has 1 aliphatic carbocycles. The van der Waals surface area contributed by atoms with Gasteiger partial charge in [0.2, 0.25) is 0 Å². The van der Waals surface area contributed by atoms with Crippen LogP contribution in [0.2, 0.25) is 0 Å². The normalized spacial score (nSPS) is 22.9. The third-order valence-electron chi connectivity index (χ3n) is 1.37. The second-order valence-electron chi connectivity index (χ2n) is 2.00. The van der Waals surface area contributed by atoms with Gasteiger partial charge in [0.1, 0.15) is 0 Å². The summed E-state index contributed by atoms with van der Waals surface area (Å²) in [6, 6.07) is 0. The van der Waals surface area contributed by atoms with E-state index in [1.807, 2.05) is 0 Å². The predicted molar refractivity (Wildman–Crippen MR) is 23.1 cm³/mol. The Morgan fingerprint density at radius 1 is 1.25 bits per heavy atom. The molecule has 1 aliphatic rings. The summed E-state index contributed by atoms with van der Waals surface area (Å²) in [7, 11) is 0. The van der Waals surface area contributed by atoms with Gasteiger partial charge in [0, 0.05) is 0 Å². The van der Waals surface area contributed by atoms with Crippen molar-refractivity contribution in [1.29, 1.82) is 0 Å². The fourth-order valence-corrected chi connectivity index (χ4v) is 0.601. The topological polar surface area (TPSA) is 0 Å². The summed E-state index contributed by atoms with van der Waals surface area (Å²) in [6.07, 6.45) is -1.83. The van der Waals surface area contributed by atoms with Gasteiger partial charge in [-0.1, -0.05) is 0 Å². The van der Waals surface area contributed by atoms with E-state index in [2.05, 4.69) is 0 Å². The van der Waals surface area contributed by atoms with Crippen molar-refractivity contribution in [2.45, 2.75) is 19.0 Å². The second kappa shape index (κ2) is 1.64. The first-order valence-corrected chi connectivity index (χ1v) is 2.49. The van der Waals surface area contributed by atoms with Gasteiger partial charge in [0.15, 0.2) is 0 Å².